The number of imidazole rings is 1. The molecular weight excluding hydrogens is 202 g/mol. The first-order valence-corrected chi connectivity index (χ1v) is 5.15. The van der Waals surface area contributed by atoms with E-state index >= 15 is 0 Å². The van der Waals surface area contributed by atoms with E-state index < -0.39 is 0 Å². The number of nitrogens with zero attached hydrogens (tertiary/aromatic N) is 1. The number of hydrogen-bond donors (Lipinski definition) is 2. The Hall–Kier alpha value is -1.81. The number of methoxy groups -OCH3 is 1. The van der Waals surface area contributed by atoms with Crippen molar-refractivity contribution in [2.24, 2.45) is 0 Å². The fourth-order valence-electron chi connectivity index (χ4n) is 1.69. The van der Waals surface area contributed by atoms with Gasteiger partial charge in [0.05, 0.1) is 13.2 Å². The van der Waals surface area contributed by atoms with E-state index in [9.17, 15) is 0 Å². The van der Waals surface area contributed by atoms with E-state index in [0.29, 0.717) is 0 Å². The van der Waals surface area contributed by atoms with Gasteiger partial charge in [0.1, 0.15) is 11.6 Å². The third-order valence-corrected chi connectivity index (χ3v) is 2.53. The average molecular weight is 217 g/mol. The maximum atomic E-state index is 5.13. The Kier molecular flexibility index (Phi) is 3.22. The van der Waals surface area contributed by atoms with Gasteiger partial charge in [0.2, 0.25) is 0 Å². The van der Waals surface area contributed by atoms with Gasteiger partial charge in [-0.15, -0.1) is 0 Å². The number of nitrogens with one attached hydrogen (secondary N) is 2. The van der Waals surface area contributed by atoms with Crippen LogP contribution in [0.25, 0.3) is 0 Å². The van der Waals surface area contributed by atoms with Crippen LogP contribution in [0, 0.1) is 0 Å². The molecule has 0 aliphatic rings. The van der Waals surface area contributed by atoms with Crippen LogP contribution in [0.4, 0.5) is 0 Å². The van der Waals surface area contributed by atoms with Crippen molar-refractivity contribution in [3.8, 4) is 5.75 Å². The van der Waals surface area contributed by atoms with Crippen LogP contribution in [0.1, 0.15) is 17.4 Å². The smallest absolute Gasteiger partial charge is 0.127 e. The molecule has 1 aromatic heterocycles. The van der Waals surface area contributed by atoms with Crippen molar-refractivity contribution >= 4 is 0 Å². The summed E-state index contributed by atoms with van der Waals surface area (Å²) in [6.07, 6.45) is 3.58. The Labute approximate surface area is 94.7 Å². The first-order valence-electron chi connectivity index (χ1n) is 5.15. The normalized spacial score (nSPS) is 12.4. The number of H-pyrrole nitrogens is 1. The maximum Gasteiger partial charge on any atom is 0.127 e. The van der Waals surface area contributed by atoms with Crippen molar-refractivity contribution in [3.63, 3.8) is 0 Å². The summed E-state index contributed by atoms with van der Waals surface area (Å²) >= 11 is 0. The van der Waals surface area contributed by atoms with Crippen molar-refractivity contribution < 1.29 is 4.74 Å². The summed E-state index contributed by atoms with van der Waals surface area (Å²) in [5.74, 6) is 1.77. The molecule has 4 heteroatoms. The molecule has 0 aliphatic carbocycles. The third kappa shape index (κ3) is 2.06. The van der Waals surface area contributed by atoms with E-state index in [2.05, 4.69) is 15.3 Å². The lowest BCUT2D eigenvalue weighted by Crippen LogP contribution is -2.18. The van der Waals surface area contributed by atoms with Crippen LogP contribution in [-0.2, 0) is 0 Å². The molecule has 0 amide bonds. The minimum atomic E-state index is 0.0842. The molecule has 0 spiro atoms. The molecule has 1 aromatic carbocycles. The van der Waals surface area contributed by atoms with E-state index in [0.717, 1.165) is 17.1 Å². The van der Waals surface area contributed by atoms with Crippen LogP contribution in [0.15, 0.2) is 36.7 Å². The fraction of sp³-hybridized carbons (Fsp3) is 0.250. The minimum Gasteiger partial charge on any atom is -0.497 e. The molecule has 0 saturated heterocycles. The van der Waals surface area contributed by atoms with Crippen molar-refractivity contribution in [1.29, 1.82) is 0 Å². The summed E-state index contributed by atoms with van der Waals surface area (Å²) in [5.41, 5.74) is 1.15. The number of ether oxygens (including phenoxy) is 1. The molecule has 2 rings (SSSR count). The highest BCUT2D eigenvalue weighted by atomic mass is 16.5. The third-order valence-electron chi connectivity index (χ3n) is 2.53. The molecule has 1 atom stereocenters. The number of aromatic nitrogens is 2. The summed E-state index contributed by atoms with van der Waals surface area (Å²) in [6.45, 7) is 0. The van der Waals surface area contributed by atoms with Crippen molar-refractivity contribution in [2.75, 3.05) is 14.2 Å². The molecule has 2 N–H and O–H groups in total. The fourth-order valence-corrected chi connectivity index (χ4v) is 1.69. The average Bonchev–Trinajstić information content (AvgIpc) is 2.85. The molecule has 1 heterocycles. The molecule has 1 unspecified atom stereocenters. The van der Waals surface area contributed by atoms with Crippen LogP contribution in [0.5, 0.6) is 5.75 Å². The second-order valence-electron chi connectivity index (χ2n) is 3.47. The van der Waals surface area contributed by atoms with Gasteiger partial charge in [-0.05, 0) is 24.7 Å². The van der Waals surface area contributed by atoms with Crippen LogP contribution in [-0.4, -0.2) is 24.1 Å². The monoisotopic (exact) mass is 217 g/mol. The number of rotatable bonds is 4. The van der Waals surface area contributed by atoms with Gasteiger partial charge < -0.3 is 15.0 Å². The van der Waals surface area contributed by atoms with Gasteiger partial charge in [-0.25, -0.2) is 4.98 Å². The summed E-state index contributed by atoms with van der Waals surface area (Å²) in [5, 5.41) is 3.22. The highest BCUT2D eigenvalue weighted by Gasteiger charge is 2.13. The van der Waals surface area contributed by atoms with E-state index in [-0.39, 0.29) is 6.04 Å². The SMILES string of the molecule is CNC(c1ccc(OC)cc1)c1ncc[nH]1. The highest BCUT2D eigenvalue weighted by molar-refractivity contribution is 5.31. The summed E-state index contributed by atoms with van der Waals surface area (Å²) in [4.78, 5) is 7.37. The number of aromatic amines is 1. The van der Waals surface area contributed by atoms with Gasteiger partial charge in [-0.2, -0.15) is 0 Å². The zero-order valence-electron chi connectivity index (χ0n) is 9.40. The first-order chi connectivity index (χ1) is 7.85. The van der Waals surface area contributed by atoms with Crippen LogP contribution >= 0.6 is 0 Å². The van der Waals surface area contributed by atoms with Gasteiger partial charge in [-0.3, -0.25) is 0 Å². The van der Waals surface area contributed by atoms with Gasteiger partial charge in [0, 0.05) is 12.4 Å². The summed E-state index contributed by atoms with van der Waals surface area (Å²) < 4.78 is 5.13. The number of benzene rings is 1. The predicted molar refractivity (Wildman–Crippen MR) is 62.5 cm³/mol. The molecule has 0 bridgehead atoms. The van der Waals surface area contributed by atoms with E-state index in [1.165, 1.54) is 0 Å². The van der Waals surface area contributed by atoms with Gasteiger partial charge >= 0.3 is 0 Å². The Bertz CT molecular complexity index is 422. The first kappa shape index (κ1) is 10.7. The number of hydrogen-bond acceptors (Lipinski definition) is 3. The van der Waals surface area contributed by atoms with Crippen LogP contribution in [0.3, 0.4) is 0 Å². The molecule has 0 aliphatic heterocycles. The quantitative estimate of drug-likeness (QED) is 0.820. The van der Waals surface area contributed by atoms with Crippen molar-refractivity contribution in [3.05, 3.63) is 48.0 Å². The molecule has 4 nitrogen and oxygen atoms in total. The van der Waals surface area contributed by atoms with E-state index in [1.54, 1.807) is 13.3 Å². The second-order valence-corrected chi connectivity index (χ2v) is 3.47. The molecule has 0 saturated carbocycles. The molecule has 0 radical (unpaired) electrons. The lowest BCUT2D eigenvalue weighted by Gasteiger charge is -2.14. The maximum absolute atomic E-state index is 5.13. The molecule has 2 aromatic rings. The summed E-state index contributed by atoms with van der Waals surface area (Å²) in [6, 6.07) is 8.04. The highest BCUT2D eigenvalue weighted by Crippen LogP contribution is 2.21. The molecule has 84 valence electrons. The summed E-state index contributed by atoms with van der Waals surface area (Å²) in [7, 11) is 3.58. The lowest BCUT2D eigenvalue weighted by atomic mass is 10.1. The Morgan fingerprint density at radius 2 is 2.06 bits per heavy atom. The zero-order chi connectivity index (χ0) is 11.4. The van der Waals surface area contributed by atoms with Crippen molar-refractivity contribution in [2.45, 2.75) is 6.04 Å². The zero-order valence-corrected chi connectivity index (χ0v) is 9.40. The second kappa shape index (κ2) is 4.81. The van der Waals surface area contributed by atoms with E-state index in [1.807, 2.05) is 37.5 Å². The van der Waals surface area contributed by atoms with Gasteiger partial charge in [-0.1, -0.05) is 12.1 Å². The van der Waals surface area contributed by atoms with Crippen LogP contribution < -0.4 is 10.1 Å². The molecule has 16 heavy (non-hydrogen) atoms. The lowest BCUT2D eigenvalue weighted by molar-refractivity contribution is 0.414. The van der Waals surface area contributed by atoms with Gasteiger partial charge in [0.25, 0.3) is 0 Å². The van der Waals surface area contributed by atoms with Crippen molar-refractivity contribution in [1.82, 2.24) is 15.3 Å². The Balaban J connectivity index is 2.27. The predicted octanol–water partition coefficient (Wildman–Crippen LogP) is 1.73. The van der Waals surface area contributed by atoms with Gasteiger partial charge in [0.15, 0.2) is 0 Å². The largest absolute Gasteiger partial charge is 0.497 e. The van der Waals surface area contributed by atoms with E-state index in [4.69, 9.17) is 4.74 Å². The Morgan fingerprint density at radius 1 is 1.31 bits per heavy atom. The standard InChI is InChI=1S/C12H15N3O/c1-13-11(12-14-7-8-15-12)9-3-5-10(16-2)6-4-9/h3-8,11,13H,1-2H3,(H,14,15). The Morgan fingerprint density at radius 3 is 2.56 bits per heavy atom. The molecule has 0 fully saturated rings. The topological polar surface area (TPSA) is 49.9 Å². The van der Waals surface area contributed by atoms with Crippen LogP contribution in [0.2, 0.25) is 0 Å². The minimum absolute atomic E-state index is 0.0842. The molecular formula is C12H15N3O.